The predicted octanol–water partition coefficient (Wildman–Crippen LogP) is 2.78. The van der Waals surface area contributed by atoms with Gasteiger partial charge in [0.15, 0.2) is 0 Å². The van der Waals surface area contributed by atoms with Crippen molar-refractivity contribution in [2.24, 2.45) is 5.73 Å². The lowest BCUT2D eigenvalue weighted by Gasteiger charge is -2.07. The Morgan fingerprint density at radius 2 is 2.12 bits per heavy atom. The lowest BCUT2D eigenvalue weighted by Crippen LogP contribution is -2.01. The Morgan fingerprint density at radius 1 is 1.38 bits per heavy atom. The molecule has 2 N–H and O–H groups in total. The monoisotopic (exact) mass is 212 g/mol. The molecule has 0 unspecified atom stereocenters. The maximum Gasteiger partial charge on any atom is 0.0968 e. The van der Waals surface area contributed by atoms with Crippen LogP contribution in [0.4, 0.5) is 0 Å². The summed E-state index contributed by atoms with van der Waals surface area (Å²) in [6.45, 7) is 1.96. The zero-order valence-electron chi connectivity index (χ0n) is 9.59. The minimum atomic E-state index is 0.639. The Labute approximate surface area is 96.4 Å². The van der Waals surface area contributed by atoms with E-state index in [0.29, 0.717) is 17.7 Å². The molecule has 2 heteroatoms. The summed E-state index contributed by atoms with van der Waals surface area (Å²) in [5.74, 6) is 0. The average molecular weight is 212 g/mol. The third-order valence-electron chi connectivity index (χ3n) is 3.22. The van der Waals surface area contributed by atoms with Gasteiger partial charge in [-0.15, -0.1) is 0 Å². The van der Waals surface area contributed by atoms with E-state index >= 15 is 0 Å². The summed E-state index contributed by atoms with van der Waals surface area (Å²) < 4.78 is 0. The van der Waals surface area contributed by atoms with Crippen molar-refractivity contribution in [3.63, 3.8) is 0 Å². The number of benzene rings is 1. The third-order valence-corrected chi connectivity index (χ3v) is 3.22. The first kappa shape index (κ1) is 10.8. The van der Waals surface area contributed by atoms with Gasteiger partial charge in [-0.25, -0.2) is 0 Å². The SMILES string of the molecule is CC/C(C#N)=C(/N)c1ccc2c(c1)CCC2. The number of rotatable bonds is 2. The fraction of sp³-hybridized carbons (Fsp3) is 0.357. The first-order chi connectivity index (χ1) is 7.76. The number of allylic oxidation sites excluding steroid dienone is 1. The molecule has 0 aromatic heterocycles. The molecule has 1 aromatic rings. The van der Waals surface area contributed by atoms with Crippen molar-refractivity contribution in [2.45, 2.75) is 32.6 Å². The zero-order valence-corrected chi connectivity index (χ0v) is 9.59. The summed E-state index contributed by atoms with van der Waals surface area (Å²) in [7, 11) is 0. The first-order valence-electron chi connectivity index (χ1n) is 5.77. The summed E-state index contributed by atoms with van der Waals surface area (Å²) in [5, 5.41) is 8.96. The molecule has 16 heavy (non-hydrogen) atoms. The van der Waals surface area contributed by atoms with E-state index in [4.69, 9.17) is 11.0 Å². The lowest BCUT2D eigenvalue weighted by atomic mass is 10.0. The van der Waals surface area contributed by atoms with E-state index in [9.17, 15) is 0 Å². The quantitative estimate of drug-likeness (QED) is 0.766. The number of fused-ring (bicyclic) bond motifs is 1. The van der Waals surface area contributed by atoms with Crippen LogP contribution in [0.5, 0.6) is 0 Å². The standard InChI is InChI=1S/C14H16N2/c1-2-10(9-15)14(16)13-7-6-11-4-3-5-12(11)8-13/h6-8H,2-5,16H2,1H3/b14-10-. The van der Waals surface area contributed by atoms with E-state index in [1.807, 2.05) is 13.0 Å². The van der Waals surface area contributed by atoms with Gasteiger partial charge in [-0.1, -0.05) is 19.1 Å². The molecule has 0 fully saturated rings. The molecule has 1 aromatic carbocycles. The smallest absolute Gasteiger partial charge is 0.0968 e. The Balaban J connectivity index is 2.43. The van der Waals surface area contributed by atoms with Crippen LogP contribution in [0.2, 0.25) is 0 Å². The average Bonchev–Trinajstić information content (AvgIpc) is 2.77. The van der Waals surface area contributed by atoms with Gasteiger partial charge in [0.1, 0.15) is 0 Å². The van der Waals surface area contributed by atoms with Crippen LogP contribution < -0.4 is 5.73 Å². The molecule has 0 aliphatic heterocycles. The minimum absolute atomic E-state index is 0.639. The van der Waals surface area contributed by atoms with Crippen molar-refractivity contribution in [3.05, 3.63) is 40.5 Å². The Kier molecular flexibility index (Phi) is 2.96. The second-order valence-electron chi connectivity index (χ2n) is 4.19. The normalized spacial score (nSPS) is 15.2. The Hall–Kier alpha value is -1.75. The van der Waals surface area contributed by atoms with Crippen LogP contribution >= 0.6 is 0 Å². The van der Waals surface area contributed by atoms with Gasteiger partial charge in [-0.05, 0) is 48.4 Å². The molecular weight excluding hydrogens is 196 g/mol. The largest absolute Gasteiger partial charge is 0.397 e. The van der Waals surface area contributed by atoms with Crippen LogP contribution in [-0.2, 0) is 12.8 Å². The molecule has 0 saturated carbocycles. The number of hydrogen-bond donors (Lipinski definition) is 1. The first-order valence-corrected chi connectivity index (χ1v) is 5.77. The number of nitrogens with two attached hydrogens (primary N) is 1. The second kappa shape index (κ2) is 4.40. The van der Waals surface area contributed by atoms with Crippen molar-refractivity contribution in [1.29, 1.82) is 5.26 Å². The number of nitrogens with zero attached hydrogens (tertiary/aromatic N) is 1. The Morgan fingerprint density at radius 3 is 2.81 bits per heavy atom. The van der Waals surface area contributed by atoms with Gasteiger partial charge in [0.05, 0.1) is 17.3 Å². The van der Waals surface area contributed by atoms with Crippen molar-refractivity contribution >= 4 is 5.70 Å². The number of hydrogen-bond acceptors (Lipinski definition) is 2. The van der Waals surface area contributed by atoms with Crippen molar-refractivity contribution in [2.75, 3.05) is 0 Å². The van der Waals surface area contributed by atoms with Gasteiger partial charge < -0.3 is 5.73 Å². The third kappa shape index (κ3) is 1.81. The van der Waals surface area contributed by atoms with Crippen LogP contribution in [0.3, 0.4) is 0 Å². The number of nitriles is 1. The van der Waals surface area contributed by atoms with Gasteiger partial charge >= 0.3 is 0 Å². The van der Waals surface area contributed by atoms with E-state index in [1.165, 1.54) is 24.0 Å². The van der Waals surface area contributed by atoms with E-state index in [0.717, 1.165) is 12.0 Å². The molecule has 0 heterocycles. The minimum Gasteiger partial charge on any atom is -0.397 e. The van der Waals surface area contributed by atoms with E-state index < -0.39 is 0 Å². The molecule has 0 saturated heterocycles. The van der Waals surface area contributed by atoms with Crippen molar-refractivity contribution < 1.29 is 0 Å². The van der Waals surface area contributed by atoms with Gasteiger partial charge in [-0.3, -0.25) is 0 Å². The van der Waals surface area contributed by atoms with Crippen LogP contribution in [0.15, 0.2) is 23.8 Å². The van der Waals surface area contributed by atoms with Crippen LogP contribution in [-0.4, -0.2) is 0 Å². The molecule has 0 amide bonds. The topological polar surface area (TPSA) is 49.8 Å². The molecule has 2 nitrogen and oxygen atoms in total. The lowest BCUT2D eigenvalue weighted by molar-refractivity contribution is 0.911. The molecule has 1 aliphatic rings. The highest BCUT2D eigenvalue weighted by atomic mass is 14.6. The highest BCUT2D eigenvalue weighted by molar-refractivity contribution is 5.70. The van der Waals surface area contributed by atoms with Crippen LogP contribution in [0.1, 0.15) is 36.5 Å². The molecule has 1 aliphatic carbocycles. The predicted molar refractivity (Wildman–Crippen MR) is 65.5 cm³/mol. The fourth-order valence-electron chi connectivity index (χ4n) is 2.24. The molecule has 0 radical (unpaired) electrons. The van der Waals surface area contributed by atoms with Crippen LogP contribution in [0.25, 0.3) is 5.70 Å². The highest BCUT2D eigenvalue weighted by Crippen LogP contribution is 2.25. The van der Waals surface area contributed by atoms with E-state index in [-0.39, 0.29) is 0 Å². The summed E-state index contributed by atoms with van der Waals surface area (Å²) in [6.07, 6.45) is 4.25. The maximum atomic E-state index is 8.96. The van der Waals surface area contributed by atoms with E-state index in [2.05, 4.69) is 18.2 Å². The molecule has 0 atom stereocenters. The maximum absolute atomic E-state index is 8.96. The molecule has 82 valence electrons. The fourth-order valence-corrected chi connectivity index (χ4v) is 2.24. The summed E-state index contributed by atoms with van der Waals surface area (Å²) in [6, 6.07) is 8.50. The van der Waals surface area contributed by atoms with Gasteiger partial charge in [0.2, 0.25) is 0 Å². The van der Waals surface area contributed by atoms with E-state index in [1.54, 1.807) is 0 Å². The molecule has 0 bridgehead atoms. The van der Waals surface area contributed by atoms with Crippen molar-refractivity contribution in [1.82, 2.24) is 0 Å². The summed E-state index contributed by atoms with van der Waals surface area (Å²) in [5.41, 5.74) is 11.2. The Bertz CT molecular complexity index is 478. The van der Waals surface area contributed by atoms with Gasteiger partial charge in [-0.2, -0.15) is 5.26 Å². The molecule has 2 rings (SSSR count). The molecular formula is C14H16N2. The number of aryl methyl sites for hydroxylation is 2. The van der Waals surface area contributed by atoms with Crippen molar-refractivity contribution in [3.8, 4) is 6.07 Å². The van der Waals surface area contributed by atoms with Crippen LogP contribution in [0, 0.1) is 11.3 Å². The summed E-state index contributed by atoms with van der Waals surface area (Å²) >= 11 is 0. The van der Waals surface area contributed by atoms with Gasteiger partial charge in [0, 0.05) is 0 Å². The summed E-state index contributed by atoms with van der Waals surface area (Å²) in [4.78, 5) is 0. The zero-order chi connectivity index (χ0) is 11.5. The van der Waals surface area contributed by atoms with Gasteiger partial charge in [0.25, 0.3) is 0 Å². The molecule has 0 spiro atoms. The second-order valence-corrected chi connectivity index (χ2v) is 4.19. The highest BCUT2D eigenvalue weighted by Gasteiger charge is 2.12.